The fourth-order valence-corrected chi connectivity index (χ4v) is 2.02. The number of phenols is 2. The quantitative estimate of drug-likeness (QED) is 0.653. The first-order valence-electron chi connectivity index (χ1n) is 5.16. The first kappa shape index (κ1) is 13.7. The first-order chi connectivity index (χ1) is 8.97. The topological polar surface area (TPSA) is 70.7 Å². The average Bonchev–Trinajstić information content (AvgIpc) is 2.76. The highest BCUT2D eigenvalue weighted by atomic mass is 79.9. The van der Waals surface area contributed by atoms with E-state index in [1.165, 1.54) is 18.2 Å². The molecule has 1 heterocycles. The molecule has 0 spiro atoms. The third-order valence-corrected chi connectivity index (χ3v) is 3.33. The van der Waals surface area contributed by atoms with Gasteiger partial charge in [-0.1, -0.05) is 0 Å². The second kappa shape index (κ2) is 5.50. The third-order valence-electron chi connectivity index (χ3n) is 2.30. The molecule has 0 radical (unpaired) electrons. The smallest absolute Gasteiger partial charge is 0.193 e. The van der Waals surface area contributed by atoms with Crippen molar-refractivity contribution in [3.8, 4) is 11.5 Å². The SMILES string of the molecule is O=C(/C=C/c1ccc(Cl)o1)c1cc(O)cc(O)c1Br. The molecule has 4 nitrogen and oxygen atoms in total. The Hall–Kier alpha value is -1.72. The Kier molecular flexibility index (Phi) is 3.97. The molecule has 0 saturated heterocycles. The number of carbonyl (C=O) groups excluding carboxylic acids is 1. The Bertz CT molecular complexity index is 661. The highest BCUT2D eigenvalue weighted by Crippen LogP contribution is 2.32. The summed E-state index contributed by atoms with van der Waals surface area (Å²) >= 11 is 8.69. The Labute approximate surface area is 122 Å². The van der Waals surface area contributed by atoms with Crippen LogP contribution >= 0.6 is 27.5 Å². The molecule has 0 amide bonds. The van der Waals surface area contributed by atoms with Crippen molar-refractivity contribution in [2.45, 2.75) is 0 Å². The van der Waals surface area contributed by atoms with E-state index in [9.17, 15) is 15.0 Å². The van der Waals surface area contributed by atoms with Gasteiger partial charge in [0.15, 0.2) is 11.0 Å². The van der Waals surface area contributed by atoms with Crippen LogP contribution in [-0.4, -0.2) is 16.0 Å². The van der Waals surface area contributed by atoms with Gasteiger partial charge < -0.3 is 14.6 Å². The number of phenolic OH excluding ortho intramolecular Hbond substituents is 2. The average molecular weight is 344 g/mol. The number of hydrogen-bond donors (Lipinski definition) is 2. The van der Waals surface area contributed by atoms with Crippen LogP contribution in [0.5, 0.6) is 11.5 Å². The van der Waals surface area contributed by atoms with Crippen molar-refractivity contribution in [1.29, 1.82) is 0 Å². The van der Waals surface area contributed by atoms with Crippen LogP contribution in [-0.2, 0) is 0 Å². The van der Waals surface area contributed by atoms with Gasteiger partial charge in [-0.05, 0) is 57.9 Å². The molecule has 1 aromatic carbocycles. The van der Waals surface area contributed by atoms with E-state index < -0.39 is 5.78 Å². The van der Waals surface area contributed by atoms with Gasteiger partial charge >= 0.3 is 0 Å². The van der Waals surface area contributed by atoms with Gasteiger partial charge in [0.2, 0.25) is 0 Å². The summed E-state index contributed by atoms with van der Waals surface area (Å²) in [5.41, 5.74) is 0.145. The normalized spacial score (nSPS) is 11.1. The molecule has 0 aliphatic rings. The molecule has 0 unspecified atom stereocenters. The van der Waals surface area contributed by atoms with Crippen molar-refractivity contribution in [3.63, 3.8) is 0 Å². The van der Waals surface area contributed by atoms with E-state index in [1.807, 2.05) is 0 Å². The van der Waals surface area contributed by atoms with Gasteiger partial charge in [0.05, 0.1) is 4.47 Å². The second-order valence-electron chi connectivity index (χ2n) is 3.67. The minimum Gasteiger partial charge on any atom is -0.508 e. The lowest BCUT2D eigenvalue weighted by Crippen LogP contribution is -1.95. The molecule has 0 aliphatic carbocycles. The maximum Gasteiger partial charge on any atom is 0.193 e. The highest BCUT2D eigenvalue weighted by molar-refractivity contribution is 9.10. The van der Waals surface area contributed by atoms with Gasteiger partial charge in [-0.15, -0.1) is 0 Å². The van der Waals surface area contributed by atoms with E-state index in [0.29, 0.717) is 5.76 Å². The predicted octanol–water partition coefficient (Wildman–Crippen LogP) is 4.00. The maximum atomic E-state index is 11.9. The van der Waals surface area contributed by atoms with Crippen LogP contribution in [0.4, 0.5) is 0 Å². The molecule has 1 aromatic heterocycles. The van der Waals surface area contributed by atoms with E-state index in [0.717, 1.165) is 6.07 Å². The van der Waals surface area contributed by atoms with E-state index >= 15 is 0 Å². The van der Waals surface area contributed by atoms with Gasteiger partial charge in [-0.2, -0.15) is 0 Å². The number of benzene rings is 1. The molecular formula is C13H8BrClO4. The van der Waals surface area contributed by atoms with E-state index in [4.69, 9.17) is 16.0 Å². The summed E-state index contributed by atoms with van der Waals surface area (Å²) in [6.07, 6.45) is 2.70. The molecule has 2 rings (SSSR count). The van der Waals surface area contributed by atoms with Gasteiger partial charge in [0, 0.05) is 11.6 Å². The number of hydrogen-bond acceptors (Lipinski definition) is 4. The fourth-order valence-electron chi connectivity index (χ4n) is 1.44. The lowest BCUT2D eigenvalue weighted by Gasteiger charge is -2.03. The number of aromatic hydroxyl groups is 2. The van der Waals surface area contributed by atoms with Gasteiger partial charge in [-0.25, -0.2) is 0 Å². The van der Waals surface area contributed by atoms with Crippen molar-refractivity contribution in [2.24, 2.45) is 0 Å². The maximum absolute atomic E-state index is 11.9. The van der Waals surface area contributed by atoms with Crippen LogP contribution in [0.2, 0.25) is 5.22 Å². The summed E-state index contributed by atoms with van der Waals surface area (Å²) in [5, 5.41) is 19.1. The van der Waals surface area contributed by atoms with E-state index in [1.54, 1.807) is 12.1 Å². The molecule has 0 fully saturated rings. The third kappa shape index (κ3) is 3.19. The number of halogens is 2. The Morgan fingerprint density at radius 1 is 1.32 bits per heavy atom. The fraction of sp³-hybridized carbons (Fsp3) is 0. The summed E-state index contributed by atoms with van der Waals surface area (Å²) in [4.78, 5) is 11.9. The Balaban J connectivity index is 2.28. The number of ketones is 1. The largest absolute Gasteiger partial charge is 0.508 e. The van der Waals surface area contributed by atoms with Crippen LogP contribution in [0.3, 0.4) is 0 Å². The molecular weight excluding hydrogens is 335 g/mol. The molecule has 0 bridgehead atoms. The minimum atomic E-state index is -0.398. The number of carbonyl (C=O) groups is 1. The van der Waals surface area contributed by atoms with Gasteiger partial charge in [0.25, 0.3) is 0 Å². The van der Waals surface area contributed by atoms with Crippen molar-refractivity contribution in [1.82, 2.24) is 0 Å². The molecule has 2 aromatic rings. The minimum absolute atomic E-state index is 0.145. The zero-order valence-corrected chi connectivity index (χ0v) is 11.8. The number of rotatable bonds is 3. The van der Waals surface area contributed by atoms with Crippen LogP contribution in [0.1, 0.15) is 16.1 Å². The van der Waals surface area contributed by atoms with Gasteiger partial charge in [-0.3, -0.25) is 4.79 Å². The van der Waals surface area contributed by atoms with Crippen molar-refractivity contribution in [2.75, 3.05) is 0 Å². The van der Waals surface area contributed by atoms with Crippen LogP contribution in [0.15, 0.2) is 39.2 Å². The summed E-state index contributed by atoms with van der Waals surface area (Å²) in [5.74, 6) is -0.374. The standard InChI is InChI=1S/C13H8BrClO4/c14-13-9(5-7(16)6-11(13)18)10(17)3-1-8-2-4-12(15)19-8/h1-6,16,18H/b3-1+. The Morgan fingerprint density at radius 3 is 2.68 bits per heavy atom. The summed E-state index contributed by atoms with van der Waals surface area (Å²) in [7, 11) is 0. The van der Waals surface area contributed by atoms with Crippen molar-refractivity contribution in [3.05, 3.63) is 51.4 Å². The van der Waals surface area contributed by atoms with E-state index in [2.05, 4.69) is 15.9 Å². The monoisotopic (exact) mass is 342 g/mol. The van der Waals surface area contributed by atoms with Gasteiger partial charge in [0.1, 0.15) is 17.3 Å². The summed E-state index contributed by atoms with van der Waals surface area (Å²) in [6, 6.07) is 5.56. The molecule has 0 atom stereocenters. The Morgan fingerprint density at radius 2 is 2.05 bits per heavy atom. The predicted molar refractivity (Wildman–Crippen MR) is 74.6 cm³/mol. The molecule has 6 heteroatoms. The second-order valence-corrected chi connectivity index (χ2v) is 4.83. The van der Waals surface area contributed by atoms with Crippen LogP contribution in [0, 0.1) is 0 Å². The van der Waals surface area contributed by atoms with E-state index in [-0.39, 0.29) is 26.8 Å². The lowest BCUT2D eigenvalue weighted by atomic mass is 10.1. The summed E-state index contributed by atoms with van der Waals surface area (Å²) < 4.78 is 5.28. The zero-order chi connectivity index (χ0) is 14.0. The number of furan rings is 1. The highest BCUT2D eigenvalue weighted by Gasteiger charge is 2.13. The lowest BCUT2D eigenvalue weighted by molar-refractivity contribution is 0.104. The zero-order valence-electron chi connectivity index (χ0n) is 9.43. The molecule has 0 saturated carbocycles. The van der Waals surface area contributed by atoms with Crippen LogP contribution < -0.4 is 0 Å². The number of allylic oxidation sites excluding steroid dienone is 1. The van der Waals surface area contributed by atoms with Crippen molar-refractivity contribution < 1.29 is 19.4 Å². The summed E-state index contributed by atoms with van der Waals surface area (Å²) in [6.45, 7) is 0. The van der Waals surface area contributed by atoms with Crippen LogP contribution in [0.25, 0.3) is 6.08 Å². The molecule has 0 aliphatic heterocycles. The first-order valence-corrected chi connectivity index (χ1v) is 6.33. The molecule has 98 valence electrons. The molecule has 2 N–H and O–H groups in total. The van der Waals surface area contributed by atoms with Crippen molar-refractivity contribution >= 4 is 39.4 Å². The molecule has 19 heavy (non-hydrogen) atoms.